The average molecular weight is 731 g/mol. The van der Waals surface area contributed by atoms with Crippen LogP contribution in [0, 0.1) is 18.3 Å². The monoisotopic (exact) mass is 730 g/mol. The summed E-state index contributed by atoms with van der Waals surface area (Å²) in [6.45, 7) is 16.1. The highest BCUT2D eigenvalue weighted by Crippen LogP contribution is 2.45. The van der Waals surface area contributed by atoms with Crippen molar-refractivity contribution in [3.8, 4) is 17.0 Å². The Morgan fingerprint density at radius 3 is 2.40 bits per heavy atom. The predicted octanol–water partition coefficient (Wildman–Crippen LogP) is 3.47. The number of thiazole rings is 1. The first-order chi connectivity index (χ1) is 23.2. The molecule has 0 bridgehead atoms. The lowest BCUT2D eigenvalue weighted by Crippen LogP contribution is -2.60. The Bertz CT molecular complexity index is 1780. The highest BCUT2D eigenvalue weighted by Gasteiger charge is 2.62. The van der Waals surface area contributed by atoms with E-state index < -0.39 is 79.7 Å². The number of aryl methyl sites for hydroxylation is 1. The zero-order chi connectivity index (χ0) is 36.8. The molecule has 5 rings (SSSR count). The molecule has 14 nitrogen and oxygen atoms in total. The Labute approximate surface area is 296 Å². The van der Waals surface area contributed by atoms with Gasteiger partial charge in [-0.25, -0.2) is 18.2 Å². The number of nitrogens with one attached hydrogen (secondary N) is 3. The van der Waals surface area contributed by atoms with Gasteiger partial charge in [-0.05, 0) is 58.4 Å². The number of aromatic nitrogens is 2. The first-order valence-corrected chi connectivity index (χ1v) is 19.0. The van der Waals surface area contributed by atoms with Gasteiger partial charge in [0.1, 0.15) is 35.1 Å². The summed E-state index contributed by atoms with van der Waals surface area (Å²) in [5.41, 5.74) is -1.70. The van der Waals surface area contributed by atoms with E-state index in [0.29, 0.717) is 18.6 Å². The van der Waals surface area contributed by atoms with Crippen LogP contribution < -0.4 is 20.1 Å². The third kappa shape index (κ3) is 8.45. The largest absolute Gasteiger partial charge is 0.487 e. The number of rotatable bonds is 11. The SMILES string of the molecule is C=C[C@@H]1C[C@]1(NC(=O)[C@@H]1C[C@@H](Oc2cncc(-c3csc(C)n3)c2)CN1C(=O)[C@@H](NC(=O)OC(C)(C)C)C(C)(C)C)C(=O)NS(=O)(=O)C1CC1. The molecule has 3 aliphatic rings. The van der Waals surface area contributed by atoms with E-state index in [9.17, 15) is 27.6 Å². The molecule has 0 spiro atoms. The molecule has 3 N–H and O–H groups in total. The van der Waals surface area contributed by atoms with Gasteiger partial charge in [-0.2, -0.15) is 0 Å². The summed E-state index contributed by atoms with van der Waals surface area (Å²) in [6, 6.07) is -0.459. The van der Waals surface area contributed by atoms with Crippen LogP contribution in [0.2, 0.25) is 0 Å². The molecular formula is C34H46N6O8S2. The molecular weight excluding hydrogens is 685 g/mol. The second kappa shape index (κ2) is 13.6. The van der Waals surface area contributed by atoms with Crippen molar-refractivity contribution in [3.05, 3.63) is 41.5 Å². The minimum atomic E-state index is -3.89. The molecule has 3 fully saturated rings. The Morgan fingerprint density at radius 1 is 1.14 bits per heavy atom. The number of hydrogen-bond donors (Lipinski definition) is 3. The number of pyridine rings is 1. The lowest BCUT2D eigenvalue weighted by molar-refractivity contribution is -0.143. The predicted molar refractivity (Wildman–Crippen MR) is 186 cm³/mol. The van der Waals surface area contributed by atoms with Crippen LogP contribution >= 0.6 is 11.3 Å². The van der Waals surface area contributed by atoms with E-state index in [4.69, 9.17) is 9.47 Å². The molecule has 1 aliphatic heterocycles. The van der Waals surface area contributed by atoms with Gasteiger partial charge in [0.2, 0.25) is 21.8 Å². The number of hydrogen-bond acceptors (Lipinski definition) is 11. The van der Waals surface area contributed by atoms with Crippen molar-refractivity contribution in [2.24, 2.45) is 11.3 Å². The van der Waals surface area contributed by atoms with Gasteiger partial charge >= 0.3 is 6.09 Å². The van der Waals surface area contributed by atoms with Gasteiger partial charge in [-0.3, -0.25) is 24.1 Å². The zero-order valence-electron chi connectivity index (χ0n) is 29.4. The molecule has 2 aliphatic carbocycles. The minimum Gasteiger partial charge on any atom is -0.487 e. The van der Waals surface area contributed by atoms with E-state index in [2.05, 4.69) is 31.9 Å². The van der Waals surface area contributed by atoms with Gasteiger partial charge in [0.05, 0.1) is 28.7 Å². The van der Waals surface area contributed by atoms with E-state index in [0.717, 1.165) is 16.3 Å². The highest BCUT2D eigenvalue weighted by atomic mass is 32.2. The Balaban J connectivity index is 1.42. The maximum atomic E-state index is 14.4. The van der Waals surface area contributed by atoms with Crippen LogP contribution in [0.1, 0.15) is 72.2 Å². The maximum absolute atomic E-state index is 14.4. The molecule has 4 amide bonds. The molecule has 2 aromatic rings. The van der Waals surface area contributed by atoms with E-state index in [1.165, 1.54) is 28.5 Å². The van der Waals surface area contributed by atoms with Crippen molar-refractivity contribution in [3.63, 3.8) is 0 Å². The van der Waals surface area contributed by atoms with E-state index >= 15 is 0 Å². The van der Waals surface area contributed by atoms with Crippen LogP contribution in [0.4, 0.5) is 4.79 Å². The Kier molecular flexibility index (Phi) is 10.1. The standard InChI is InChI=1S/C34H46N6O8S2/c1-9-21-14-34(21,30(43)39-50(45,46)24-10-11-24)38-28(41)26-13-23(47-22-12-20(15-35-16-22)25-18-49-19(2)36-25)17-40(26)29(42)27(32(3,4)5)37-31(44)48-33(6,7)8/h9,12,15-16,18,21,23-24,26-27H,1,10-11,13-14,17H2,2-8H3,(H,37,44)(H,38,41)(H,39,43)/t21-,23-,26+,27-,34-/m1/s1. The van der Waals surface area contributed by atoms with Crippen LogP contribution in [0.5, 0.6) is 5.75 Å². The van der Waals surface area contributed by atoms with Crippen LogP contribution in [0.25, 0.3) is 11.3 Å². The van der Waals surface area contributed by atoms with Crippen molar-refractivity contribution in [1.82, 2.24) is 30.2 Å². The van der Waals surface area contributed by atoms with Crippen molar-refractivity contribution < 1.29 is 37.1 Å². The number of ether oxygens (including phenoxy) is 2. The summed E-state index contributed by atoms with van der Waals surface area (Å²) in [7, 11) is -3.89. The summed E-state index contributed by atoms with van der Waals surface area (Å²) in [5, 5.41) is 7.63. The lowest BCUT2D eigenvalue weighted by atomic mass is 9.85. The Hall–Kier alpha value is -4.05. The second-order valence-electron chi connectivity index (χ2n) is 15.3. The normalized spacial score (nSPS) is 24.1. The summed E-state index contributed by atoms with van der Waals surface area (Å²) >= 11 is 1.50. The number of sulfonamides is 1. The highest BCUT2D eigenvalue weighted by molar-refractivity contribution is 7.91. The molecule has 1 saturated heterocycles. The third-order valence-corrected chi connectivity index (χ3v) is 11.4. The molecule has 272 valence electrons. The van der Waals surface area contributed by atoms with Crippen molar-refractivity contribution in [1.29, 1.82) is 0 Å². The van der Waals surface area contributed by atoms with Gasteiger partial charge < -0.3 is 25.0 Å². The summed E-state index contributed by atoms with van der Waals surface area (Å²) < 4.78 is 39.2. The first kappa shape index (κ1) is 37.2. The van der Waals surface area contributed by atoms with E-state index in [-0.39, 0.29) is 19.4 Å². The molecule has 2 aromatic heterocycles. The number of carbonyl (C=O) groups excluding carboxylic acids is 4. The fraction of sp³-hybridized carbons (Fsp3) is 0.588. The van der Waals surface area contributed by atoms with E-state index in [1.807, 2.05) is 12.3 Å². The van der Waals surface area contributed by atoms with E-state index in [1.54, 1.807) is 53.8 Å². The fourth-order valence-electron chi connectivity index (χ4n) is 5.95. The van der Waals surface area contributed by atoms with Crippen LogP contribution in [-0.4, -0.2) is 88.2 Å². The molecule has 0 radical (unpaired) electrons. The van der Waals surface area contributed by atoms with Gasteiger partial charge in [-0.1, -0.05) is 26.8 Å². The van der Waals surface area contributed by atoms with Gasteiger partial charge in [0, 0.05) is 29.5 Å². The van der Waals surface area contributed by atoms with Crippen LogP contribution in [0.3, 0.4) is 0 Å². The molecule has 0 aromatic carbocycles. The van der Waals surface area contributed by atoms with Crippen molar-refractivity contribution in [2.75, 3.05) is 6.54 Å². The lowest BCUT2D eigenvalue weighted by Gasteiger charge is -2.36. The molecule has 16 heteroatoms. The number of carbonyl (C=O) groups is 4. The molecule has 50 heavy (non-hydrogen) atoms. The van der Waals surface area contributed by atoms with Crippen LogP contribution in [-0.2, 0) is 29.1 Å². The number of amides is 4. The molecule has 0 unspecified atom stereocenters. The topological polar surface area (TPSA) is 186 Å². The number of alkyl carbamates (subject to hydrolysis) is 1. The first-order valence-electron chi connectivity index (χ1n) is 16.6. The Morgan fingerprint density at radius 2 is 1.84 bits per heavy atom. The number of nitrogens with zero attached hydrogens (tertiary/aromatic N) is 3. The molecule has 3 heterocycles. The molecule has 5 atom stereocenters. The summed E-state index contributed by atoms with van der Waals surface area (Å²) in [5.74, 6) is -2.17. The van der Waals surface area contributed by atoms with Crippen LogP contribution in [0.15, 0.2) is 36.5 Å². The van der Waals surface area contributed by atoms with Crippen molar-refractivity contribution >= 4 is 45.2 Å². The average Bonchev–Trinajstić information content (AvgIpc) is 3.90. The third-order valence-electron chi connectivity index (χ3n) is 8.80. The fourth-order valence-corrected chi connectivity index (χ4v) is 7.93. The summed E-state index contributed by atoms with van der Waals surface area (Å²) in [4.78, 5) is 65.0. The van der Waals surface area contributed by atoms with Gasteiger partial charge in [-0.15, -0.1) is 17.9 Å². The van der Waals surface area contributed by atoms with Gasteiger partial charge in [0.15, 0.2) is 0 Å². The molecule has 2 saturated carbocycles. The number of likely N-dealkylation sites (tertiary alicyclic amines) is 1. The quantitative estimate of drug-likeness (QED) is 0.289. The van der Waals surface area contributed by atoms with Crippen molar-refractivity contribution in [2.45, 2.75) is 109 Å². The van der Waals surface area contributed by atoms with Gasteiger partial charge in [0.25, 0.3) is 5.91 Å². The summed E-state index contributed by atoms with van der Waals surface area (Å²) in [6.07, 6.45) is 4.33. The smallest absolute Gasteiger partial charge is 0.408 e. The second-order valence-corrected chi connectivity index (χ2v) is 18.3. The minimum absolute atomic E-state index is 0.0281. The zero-order valence-corrected chi connectivity index (χ0v) is 31.1. The maximum Gasteiger partial charge on any atom is 0.408 e.